The van der Waals surface area contributed by atoms with Crippen LogP contribution in [0.5, 0.6) is 5.75 Å². The Morgan fingerprint density at radius 2 is 2.17 bits per heavy atom. The normalized spacial score (nSPS) is 14.1. The summed E-state index contributed by atoms with van der Waals surface area (Å²) in [6.07, 6.45) is 0.455. The van der Waals surface area contributed by atoms with Gasteiger partial charge in [-0.15, -0.1) is 0 Å². The van der Waals surface area contributed by atoms with E-state index in [1.54, 1.807) is 12.1 Å². The summed E-state index contributed by atoms with van der Waals surface area (Å²) in [5, 5.41) is 16.1. The molecule has 1 aromatic heterocycles. The molecule has 0 aliphatic carbocycles. The summed E-state index contributed by atoms with van der Waals surface area (Å²) >= 11 is 0. The maximum atomic E-state index is 11.7. The van der Waals surface area contributed by atoms with Crippen LogP contribution in [0.3, 0.4) is 0 Å². The molecule has 2 rings (SSSR count). The third kappa shape index (κ3) is 3.64. The second kappa shape index (κ2) is 6.27. The van der Waals surface area contributed by atoms with E-state index in [2.05, 4.69) is 15.2 Å². The van der Waals surface area contributed by atoms with Crippen LogP contribution < -0.4 is 4.74 Å². The molecule has 0 radical (unpaired) electrons. The number of hydrogen-bond acceptors (Lipinski definition) is 5. The van der Waals surface area contributed by atoms with Crippen LogP contribution in [0, 0.1) is 0 Å². The minimum atomic E-state index is -1.40. The number of rotatable bonds is 6. The van der Waals surface area contributed by atoms with E-state index in [0.717, 1.165) is 0 Å². The molecule has 0 saturated heterocycles. The first kappa shape index (κ1) is 12.7. The molecular formula is C11H13N3O3S. The smallest absolute Gasteiger partial charge is 0.214 e. The molecule has 0 unspecified atom stereocenters. The van der Waals surface area contributed by atoms with Crippen molar-refractivity contribution >= 4 is 10.8 Å². The predicted molar refractivity (Wildman–Crippen MR) is 65.6 cm³/mol. The first-order valence-corrected chi connectivity index (χ1v) is 6.67. The van der Waals surface area contributed by atoms with Gasteiger partial charge in [0.05, 0.1) is 22.7 Å². The Morgan fingerprint density at radius 3 is 2.83 bits per heavy atom. The van der Waals surface area contributed by atoms with Gasteiger partial charge in [-0.2, -0.15) is 5.10 Å². The average molecular weight is 267 g/mol. The summed E-state index contributed by atoms with van der Waals surface area (Å²) in [7, 11) is -1.40. The van der Waals surface area contributed by atoms with Gasteiger partial charge in [-0.3, -0.25) is 9.31 Å². The molecule has 18 heavy (non-hydrogen) atoms. The van der Waals surface area contributed by atoms with Crippen molar-refractivity contribution in [2.24, 2.45) is 0 Å². The van der Waals surface area contributed by atoms with Crippen molar-refractivity contribution in [3.05, 3.63) is 36.7 Å². The fraction of sp³-hybridized carbons (Fsp3) is 0.273. The lowest BCUT2D eigenvalue weighted by Crippen LogP contribution is -2.24. The minimum Gasteiger partial charge on any atom is -0.491 e. The fourth-order valence-corrected chi connectivity index (χ4v) is 2.24. The lowest BCUT2D eigenvalue weighted by atomic mass is 10.3. The number of para-hydroxylation sites is 1. The summed E-state index contributed by atoms with van der Waals surface area (Å²) in [6.45, 7) is 0.0872. The number of ether oxygens (including phenoxy) is 1. The Bertz CT molecular complexity index is 489. The van der Waals surface area contributed by atoms with Gasteiger partial charge in [-0.05, 0) is 12.1 Å². The van der Waals surface area contributed by atoms with E-state index < -0.39 is 16.9 Å². The molecule has 0 fully saturated rings. The van der Waals surface area contributed by atoms with Crippen LogP contribution in [-0.2, 0) is 10.8 Å². The van der Waals surface area contributed by atoms with Crippen molar-refractivity contribution in [2.45, 2.75) is 11.3 Å². The molecular weight excluding hydrogens is 254 g/mol. The number of nitrogens with zero attached hydrogens (tertiary/aromatic N) is 2. The second-order valence-electron chi connectivity index (χ2n) is 3.58. The van der Waals surface area contributed by atoms with E-state index in [1.807, 2.05) is 18.2 Å². The summed E-state index contributed by atoms with van der Waals surface area (Å²) in [5.74, 6) is 0.726. The average Bonchev–Trinajstić information content (AvgIpc) is 2.91. The van der Waals surface area contributed by atoms with Crippen molar-refractivity contribution in [3.63, 3.8) is 0 Å². The van der Waals surface area contributed by atoms with E-state index in [0.29, 0.717) is 5.75 Å². The topological polar surface area (TPSA) is 88.1 Å². The molecule has 0 amide bonds. The molecule has 2 atom stereocenters. The number of benzene rings is 1. The number of aromatic nitrogens is 3. The van der Waals surface area contributed by atoms with Gasteiger partial charge in [0.1, 0.15) is 18.7 Å². The lowest BCUT2D eigenvalue weighted by molar-refractivity contribution is 0.125. The minimum absolute atomic E-state index is 0.0576. The zero-order valence-corrected chi connectivity index (χ0v) is 10.3. The molecule has 1 aromatic carbocycles. The number of H-pyrrole nitrogens is 1. The Labute approximate surface area is 106 Å². The van der Waals surface area contributed by atoms with Crippen molar-refractivity contribution in [2.75, 3.05) is 12.4 Å². The van der Waals surface area contributed by atoms with Gasteiger partial charge in [-0.25, -0.2) is 4.98 Å². The van der Waals surface area contributed by atoms with Crippen LogP contribution in [0.1, 0.15) is 0 Å². The summed E-state index contributed by atoms with van der Waals surface area (Å²) in [4.78, 5) is 3.77. The van der Waals surface area contributed by atoms with Crippen LogP contribution in [0.4, 0.5) is 0 Å². The van der Waals surface area contributed by atoms with E-state index in [4.69, 9.17) is 4.74 Å². The first-order chi connectivity index (χ1) is 8.75. The summed E-state index contributed by atoms with van der Waals surface area (Å²) in [6, 6.07) is 9.14. The SMILES string of the molecule is O=[S@@](C[C@H](O)COc1ccccc1)c1ncn[nH]1. The summed E-state index contributed by atoms with van der Waals surface area (Å²) in [5.41, 5.74) is 0. The van der Waals surface area contributed by atoms with Gasteiger partial charge >= 0.3 is 0 Å². The first-order valence-electron chi connectivity index (χ1n) is 5.35. The van der Waals surface area contributed by atoms with Crippen molar-refractivity contribution < 1.29 is 14.1 Å². The predicted octanol–water partition coefficient (Wildman–Crippen LogP) is 0.352. The number of aliphatic hydroxyl groups is 1. The van der Waals surface area contributed by atoms with Crippen molar-refractivity contribution in [1.82, 2.24) is 15.2 Å². The van der Waals surface area contributed by atoms with Gasteiger partial charge in [0, 0.05) is 0 Å². The lowest BCUT2D eigenvalue weighted by Gasteiger charge is -2.11. The van der Waals surface area contributed by atoms with Gasteiger partial charge in [0.15, 0.2) is 0 Å². The van der Waals surface area contributed by atoms with Crippen LogP contribution in [0.2, 0.25) is 0 Å². The quantitative estimate of drug-likeness (QED) is 0.788. The van der Waals surface area contributed by atoms with Crippen LogP contribution in [0.15, 0.2) is 41.8 Å². The van der Waals surface area contributed by atoms with Crippen molar-refractivity contribution in [1.29, 1.82) is 0 Å². The van der Waals surface area contributed by atoms with Crippen LogP contribution >= 0.6 is 0 Å². The number of aromatic amines is 1. The van der Waals surface area contributed by atoms with Crippen LogP contribution in [-0.4, -0.2) is 43.0 Å². The molecule has 2 N–H and O–H groups in total. The van der Waals surface area contributed by atoms with Gasteiger partial charge in [0.25, 0.3) is 0 Å². The molecule has 0 spiro atoms. The summed E-state index contributed by atoms with van der Waals surface area (Å²) < 4.78 is 17.0. The molecule has 6 nitrogen and oxygen atoms in total. The zero-order chi connectivity index (χ0) is 12.8. The third-order valence-electron chi connectivity index (χ3n) is 2.14. The Kier molecular flexibility index (Phi) is 4.43. The molecule has 0 aliphatic rings. The second-order valence-corrected chi connectivity index (χ2v) is 4.99. The van der Waals surface area contributed by atoms with E-state index in [-0.39, 0.29) is 17.5 Å². The molecule has 0 bridgehead atoms. The zero-order valence-electron chi connectivity index (χ0n) is 9.52. The largest absolute Gasteiger partial charge is 0.491 e. The van der Waals surface area contributed by atoms with E-state index in [9.17, 15) is 9.32 Å². The highest BCUT2D eigenvalue weighted by Gasteiger charge is 2.14. The van der Waals surface area contributed by atoms with E-state index in [1.165, 1.54) is 6.33 Å². The molecule has 2 aromatic rings. The highest BCUT2D eigenvalue weighted by atomic mass is 32.2. The Morgan fingerprint density at radius 1 is 1.39 bits per heavy atom. The van der Waals surface area contributed by atoms with Gasteiger partial charge < -0.3 is 9.84 Å². The molecule has 96 valence electrons. The van der Waals surface area contributed by atoms with Crippen molar-refractivity contribution in [3.8, 4) is 5.75 Å². The Balaban J connectivity index is 1.79. The van der Waals surface area contributed by atoms with Gasteiger partial charge in [0.2, 0.25) is 5.16 Å². The highest BCUT2D eigenvalue weighted by molar-refractivity contribution is 7.84. The maximum Gasteiger partial charge on any atom is 0.214 e. The van der Waals surface area contributed by atoms with Gasteiger partial charge in [-0.1, -0.05) is 18.2 Å². The molecule has 7 heteroatoms. The highest BCUT2D eigenvalue weighted by Crippen LogP contribution is 2.09. The number of hydrogen-bond donors (Lipinski definition) is 2. The molecule has 0 saturated carbocycles. The standard InChI is InChI=1S/C11H13N3O3S/c15-9(6-17-10-4-2-1-3-5-10)7-18(16)11-12-8-13-14-11/h1-5,8-9,15H,6-7H2,(H,12,13,14)/t9-,18+/m1/s1. The Hall–Kier alpha value is -1.73. The molecule has 1 heterocycles. The maximum absolute atomic E-state index is 11.7. The van der Waals surface area contributed by atoms with Crippen LogP contribution in [0.25, 0.3) is 0 Å². The number of nitrogens with one attached hydrogen (secondary N) is 1. The number of aliphatic hydroxyl groups excluding tert-OH is 1. The van der Waals surface area contributed by atoms with E-state index >= 15 is 0 Å². The monoisotopic (exact) mass is 267 g/mol. The molecule has 0 aliphatic heterocycles. The third-order valence-corrected chi connectivity index (χ3v) is 3.45. The fourth-order valence-electron chi connectivity index (χ4n) is 1.31.